The molecule has 0 bridgehead atoms. The number of carbonyl (C=O) groups excluding carboxylic acids is 1. The second-order valence-corrected chi connectivity index (χ2v) is 6.51. The van der Waals surface area contributed by atoms with Gasteiger partial charge < -0.3 is 10.2 Å². The van der Waals surface area contributed by atoms with E-state index >= 15 is 0 Å². The summed E-state index contributed by atoms with van der Waals surface area (Å²) in [5, 5.41) is 14.2. The van der Waals surface area contributed by atoms with Gasteiger partial charge in [0.25, 0.3) is 5.91 Å². The Hall–Kier alpha value is -1.66. The fourth-order valence-electron chi connectivity index (χ4n) is 2.40. The number of rotatable bonds is 6. The third kappa shape index (κ3) is 3.33. The molecule has 2 aromatic heterocycles. The van der Waals surface area contributed by atoms with Crippen LogP contribution in [0.5, 0.6) is 0 Å². The molecule has 0 aromatic carbocycles. The summed E-state index contributed by atoms with van der Waals surface area (Å²) in [7, 11) is 4.04. The van der Waals surface area contributed by atoms with Crippen LogP contribution in [0, 0.1) is 0 Å². The highest BCUT2D eigenvalue weighted by molar-refractivity contribution is 7.07. The van der Waals surface area contributed by atoms with E-state index in [0.29, 0.717) is 18.2 Å². The molecular formula is C15H20N4OS. The highest BCUT2D eigenvalue weighted by atomic mass is 32.1. The quantitative estimate of drug-likeness (QED) is 0.861. The fraction of sp³-hybridized carbons (Fsp3) is 0.467. The molecule has 1 aliphatic carbocycles. The molecule has 1 fully saturated rings. The number of likely N-dealkylation sites (N-methyl/N-ethyl adjacent to an activating group) is 1. The normalized spacial score (nSPS) is 16.1. The Kier molecular flexibility index (Phi) is 4.07. The number of aromatic amines is 1. The van der Waals surface area contributed by atoms with E-state index in [-0.39, 0.29) is 11.9 Å². The van der Waals surface area contributed by atoms with Crippen LogP contribution in [0.1, 0.15) is 46.5 Å². The van der Waals surface area contributed by atoms with Crippen LogP contribution < -0.4 is 5.32 Å². The van der Waals surface area contributed by atoms with E-state index in [1.54, 1.807) is 11.3 Å². The van der Waals surface area contributed by atoms with Crippen molar-refractivity contribution in [2.45, 2.75) is 24.8 Å². The van der Waals surface area contributed by atoms with Crippen molar-refractivity contribution in [3.05, 3.63) is 39.8 Å². The molecular weight excluding hydrogens is 284 g/mol. The SMILES string of the molecule is CN(C)C(CNC(=O)c1cc(C2CC2)[nH]n1)c1ccsc1. The molecule has 112 valence electrons. The average Bonchev–Trinajstić information content (AvgIpc) is 2.98. The van der Waals surface area contributed by atoms with Crippen molar-refractivity contribution in [1.29, 1.82) is 0 Å². The van der Waals surface area contributed by atoms with E-state index in [4.69, 9.17) is 0 Å². The highest BCUT2D eigenvalue weighted by Crippen LogP contribution is 2.38. The zero-order valence-electron chi connectivity index (χ0n) is 12.3. The van der Waals surface area contributed by atoms with E-state index in [0.717, 1.165) is 5.69 Å². The molecule has 6 heteroatoms. The Balaban J connectivity index is 1.60. The van der Waals surface area contributed by atoms with E-state index in [1.165, 1.54) is 18.4 Å². The number of amides is 1. The van der Waals surface area contributed by atoms with Gasteiger partial charge in [-0.1, -0.05) is 0 Å². The molecule has 2 heterocycles. The van der Waals surface area contributed by atoms with Crippen LogP contribution in [0.15, 0.2) is 22.9 Å². The second-order valence-electron chi connectivity index (χ2n) is 5.73. The molecule has 1 atom stereocenters. The number of hydrogen-bond donors (Lipinski definition) is 2. The summed E-state index contributed by atoms with van der Waals surface area (Å²) in [5.74, 6) is 0.472. The number of nitrogens with zero attached hydrogens (tertiary/aromatic N) is 2. The summed E-state index contributed by atoms with van der Waals surface area (Å²) < 4.78 is 0. The number of nitrogens with one attached hydrogen (secondary N) is 2. The van der Waals surface area contributed by atoms with Crippen LogP contribution >= 0.6 is 11.3 Å². The van der Waals surface area contributed by atoms with Crippen molar-refractivity contribution in [1.82, 2.24) is 20.4 Å². The highest BCUT2D eigenvalue weighted by Gasteiger charge is 2.26. The summed E-state index contributed by atoms with van der Waals surface area (Å²) in [6.07, 6.45) is 2.40. The summed E-state index contributed by atoms with van der Waals surface area (Å²) in [6, 6.07) is 4.16. The van der Waals surface area contributed by atoms with Crippen molar-refractivity contribution in [3.8, 4) is 0 Å². The summed E-state index contributed by atoms with van der Waals surface area (Å²) in [5.41, 5.74) is 2.80. The third-order valence-corrected chi connectivity index (χ3v) is 4.56. The average molecular weight is 304 g/mol. The maximum absolute atomic E-state index is 12.2. The predicted molar refractivity (Wildman–Crippen MR) is 83.6 cm³/mol. The Labute approximate surface area is 128 Å². The number of aromatic nitrogens is 2. The van der Waals surface area contributed by atoms with Gasteiger partial charge in [-0.2, -0.15) is 16.4 Å². The molecule has 0 spiro atoms. The van der Waals surface area contributed by atoms with E-state index in [2.05, 4.69) is 37.2 Å². The summed E-state index contributed by atoms with van der Waals surface area (Å²) in [4.78, 5) is 14.3. The van der Waals surface area contributed by atoms with Crippen molar-refractivity contribution >= 4 is 17.2 Å². The fourth-order valence-corrected chi connectivity index (χ4v) is 3.11. The molecule has 0 aliphatic heterocycles. The first-order valence-corrected chi connectivity index (χ1v) is 8.11. The lowest BCUT2D eigenvalue weighted by Gasteiger charge is -2.23. The lowest BCUT2D eigenvalue weighted by Crippen LogP contribution is -2.34. The molecule has 1 amide bonds. The molecule has 2 N–H and O–H groups in total. The zero-order chi connectivity index (χ0) is 14.8. The summed E-state index contributed by atoms with van der Waals surface area (Å²) in [6.45, 7) is 0.578. The van der Waals surface area contributed by atoms with Gasteiger partial charge in [0, 0.05) is 18.2 Å². The van der Waals surface area contributed by atoms with Crippen molar-refractivity contribution < 1.29 is 4.79 Å². The van der Waals surface area contributed by atoms with Gasteiger partial charge in [0.05, 0.1) is 6.04 Å². The smallest absolute Gasteiger partial charge is 0.271 e. The first kappa shape index (κ1) is 14.3. The third-order valence-electron chi connectivity index (χ3n) is 3.85. The topological polar surface area (TPSA) is 61.0 Å². The van der Waals surface area contributed by atoms with Crippen LogP contribution in [0.3, 0.4) is 0 Å². The van der Waals surface area contributed by atoms with Crippen LogP contribution in [-0.4, -0.2) is 41.6 Å². The Morgan fingerprint density at radius 2 is 2.38 bits per heavy atom. The standard InChI is InChI=1S/C15H20N4OS/c1-19(2)14(11-5-6-21-9-11)8-16-15(20)13-7-12(17-18-13)10-3-4-10/h5-7,9-10,14H,3-4,8H2,1-2H3,(H,16,20)(H,17,18). The first-order valence-electron chi connectivity index (χ1n) is 7.17. The monoisotopic (exact) mass is 304 g/mol. The van der Waals surface area contributed by atoms with Gasteiger partial charge in [0.15, 0.2) is 0 Å². The van der Waals surface area contributed by atoms with Gasteiger partial charge in [-0.25, -0.2) is 0 Å². The molecule has 3 rings (SSSR count). The van der Waals surface area contributed by atoms with Gasteiger partial charge in [0.1, 0.15) is 5.69 Å². The van der Waals surface area contributed by atoms with Crippen LogP contribution in [0.4, 0.5) is 0 Å². The van der Waals surface area contributed by atoms with Gasteiger partial charge in [-0.15, -0.1) is 0 Å². The maximum atomic E-state index is 12.2. The minimum Gasteiger partial charge on any atom is -0.349 e. The Morgan fingerprint density at radius 1 is 1.57 bits per heavy atom. The zero-order valence-corrected chi connectivity index (χ0v) is 13.1. The lowest BCUT2D eigenvalue weighted by atomic mass is 10.1. The van der Waals surface area contributed by atoms with Crippen LogP contribution in [0.25, 0.3) is 0 Å². The van der Waals surface area contributed by atoms with Gasteiger partial charge >= 0.3 is 0 Å². The van der Waals surface area contributed by atoms with Gasteiger partial charge in [-0.05, 0) is 55.4 Å². The Morgan fingerprint density at radius 3 is 3.00 bits per heavy atom. The number of thiophene rings is 1. The molecule has 2 aromatic rings. The molecule has 1 unspecified atom stereocenters. The molecule has 21 heavy (non-hydrogen) atoms. The van der Waals surface area contributed by atoms with Crippen molar-refractivity contribution in [2.24, 2.45) is 0 Å². The molecule has 1 aliphatic rings. The number of hydrogen-bond acceptors (Lipinski definition) is 4. The molecule has 0 radical (unpaired) electrons. The van der Waals surface area contributed by atoms with E-state index in [9.17, 15) is 4.79 Å². The minimum absolute atomic E-state index is 0.111. The molecule has 0 saturated heterocycles. The van der Waals surface area contributed by atoms with Crippen LogP contribution in [0.2, 0.25) is 0 Å². The molecule has 1 saturated carbocycles. The number of carbonyl (C=O) groups is 1. The predicted octanol–water partition coefficient (Wildman–Crippen LogP) is 2.38. The van der Waals surface area contributed by atoms with Crippen LogP contribution in [-0.2, 0) is 0 Å². The van der Waals surface area contributed by atoms with Crippen molar-refractivity contribution in [3.63, 3.8) is 0 Å². The number of H-pyrrole nitrogens is 1. The Bertz CT molecular complexity index is 601. The maximum Gasteiger partial charge on any atom is 0.271 e. The minimum atomic E-state index is -0.111. The second kappa shape index (κ2) is 5.99. The van der Waals surface area contributed by atoms with Gasteiger partial charge in [0.2, 0.25) is 0 Å². The lowest BCUT2D eigenvalue weighted by molar-refractivity contribution is 0.0937. The first-order chi connectivity index (χ1) is 10.1. The van der Waals surface area contributed by atoms with E-state index in [1.807, 2.05) is 20.2 Å². The van der Waals surface area contributed by atoms with E-state index < -0.39 is 0 Å². The summed E-state index contributed by atoms with van der Waals surface area (Å²) >= 11 is 1.67. The largest absolute Gasteiger partial charge is 0.349 e. The van der Waals surface area contributed by atoms with Crippen molar-refractivity contribution in [2.75, 3.05) is 20.6 Å². The molecule has 5 nitrogen and oxygen atoms in total. The van der Waals surface area contributed by atoms with Gasteiger partial charge in [-0.3, -0.25) is 9.89 Å².